The van der Waals surface area contributed by atoms with E-state index in [1.54, 1.807) is 26.0 Å². The lowest BCUT2D eigenvalue weighted by Gasteiger charge is -2.27. The lowest BCUT2D eigenvalue weighted by molar-refractivity contribution is -0.148. The van der Waals surface area contributed by atoms with E-state index in [4.69, 9.17) is 4.74 Å². The second kappa shape index (κ2) is 15.0. The summed E-state index contributed by atoms with van der Waals surface area (Å²) in [7, 11) is 0. The van der Waals surface area contributed by atoms with Crippen molar-refractivity contribution in [3.05, 3.63) is 48.0 Å². The van der Waals surface area contributed by atoms with E-state index in [2.05, 4.69) is 33.9 Å². The van der Waals surface area contributed by atoms with E-state index in [-0.39, 0.29) is 18.8 Å². The minimum absolute atomic E-state index is 0.176. The average Bonchev–Trinajstić information content (AvgIpc) is 2.85. The van der Waals surface area contributed by atoms with Gasteiger partial charge in [-0.1, -0.05) is 50.3 Å². The summed E-state index contributed by atoms with van der Waals surface area (Å²) in [5.41, 5.74) is 0.804. The highest BCUT2D eigenvalue weighted by atomic mass is 32.1. The summed E-state index contributed by atoms with van der Waals surface area (Å²) < 4.78 is 5.36. The molecule has 0 unspecified atom stereocenters. The molecule has 0 bridgehead atoms. The fourth-order valence-electron chi connectivity index (χ4n) is 3.64. The van der Waals surface area contributed by atoms with E-state index >= 15 is 0 Å². The molecule has 4 atom stereocenters. The van der Waals surface area contributed by atoms with Crippen LogP contribution >= 0.6 is 12.6 Å². The van der Waals surface area contributed by atoms with Gasteiger partial charge in [-0.25, -0.2) is 0 Å². The summed E-state index contributed by atoms with van der Waals surface area (Å²) in [6.45, 7) is 4.57. The number of thiol groups is 1. The van der Waals surface area contributed by atoms with E-state index < -0.39 is 60.4 Å². The van der Waals surface area contributed by atoms with Crippen LogP contribution in [0.15, 0.2) is 42.5 Å². The third-order valence-electron chi connectivity index (χ3n) is 5.66. The topological polar surface area (TPSA) is 143 Å². The van der Waals surface area contributed by atoms with Crippen LogP contribution in [0.4, 0.5) is 0 Å². The van der Waals surface area contributed by atoms with Gasteiger partial charge >= 0.3 is 5.97 Å². The van der Waals surface area contributed by atoms with Crippen LogP contribution in [0.5, 0.6) is 0 Å². The molecule has 11 heteroatoms. The highest BCUT2D eigenvalue weighted by molar-refractivity contribution is 7.80. The van der Waals surface area contributed by atoms with E-state index in [1.807, 2.05) is 30.3 Å². The Kier molecular flexibility index (Phi) is 12.1. The predicted molar refractivity (Wildman–Crippen MR) is 142 cm³/mol. The van der Waals surface area contributed by atoms with Crippen LogP contribution in [0, 0.1) is 5.92 Å². The number of carbonyl (C=O) groups is 5. The standard InChI is InChI=1S/C26H36N4O6S/c1-16(2)23-26(35)27-15-22(32)36-19(11-7-8-12-37)14-21(31)28-17(3)24(33)29-20(25(34)30-23)13-18-9-5-4-6-10-18/h4-7,9-11,16-17,19-20,23,37H,8,12-15H2,1-3H3,(H,27,35)(H,28,31)(H,29,33)(H,30,34)/b11-7+/t17-,19+,20-,23+/m1/s1. The Labute approximate surface area is 222 Å². The highest BCUT2D eigenvalue weighted by Crippen LogP contribution is 2.09. The molecule has 0 aromatic heterocycles. The van der Waals surface area contributed by atoms with Crippen molar-refractivity contribution < 1.29 is 28.7 Å². The van der Waals surface area contributed by atoms with Crippen LogP contribution in [0.3, 0.4) is 0 Å². The maximum absolute atomic E-state index is 13.2. The number of hydrogen-bond donors (Lipinski definition) is 5. The van der Waals surface area contributed by atoms with Gasteiger partial charge < -0.3 is 26.0 Å². The van der Waals surface area contributed by atoms with Crippen LogP contribution < -0.4 is 21.3 Å². The molecule has 1 aromatic carbocycles. The van der Waals surface area contributed by atoms with Gasteiger partial charge in [0.25, 0.3) is 0 Å². The van der Waals surface area contributed by atoms with Crippen molar-refractivity contribution in [3.8, 4) is 0 Å². The van der Waals surface area contributed by atoms with Gasteiger partial charge in [0.15, 0.2) is 0 Å². The summed E-state index contributed by atoms with van der Waals surface area (Å²) in [5.74, 6) is -2.68. The minimum atomic E-state index is -1.00. The van der Waals surface area contributed by atoms with Crippen molar-refractivity contribution in [1.82, 2.24) is 21.3 Å². The summed E-state index contributed by atoms with van der Waals surface area (Å²) in [5, 5.41) is 10.5. The number of amides is 4. The summed E-state index contributed by atoms with van der Waals surface area (Å²) in [4.78, 5) is 64.0. The van der Waals surface area contributed by atoms with Gasteiger partial charge in [-0.3, -0.25) is 24.0 Å². The fourth-order valence-corrected chi connectivity index (χ4v) is 3.79. The number of allylic oxidation sites excluding steroid dienone is 1. The van der Waals surface area contributed by atoms with Crippen LogP contribution in [0.1, 0.15) is 39.2 Å². The van der Waals surface area contributed by atoms with Crippen molar-refractivity contribution in [2.45, 2.75) is 64.3 Å². The minimum Gasteiger partial charge on any atom is -0.456 e. The molecular weight excluding hydrogens is 496 g/mol. The largest absolute Gasteiger partial charge is 0.456 e. The first-order valence-electron chi connectivity index (χ1n) is 12.3. The molecule has 37 heavy (non-hydrogen) atoms. The van der Waals surface area contributed by atoms with Crippen LogP contribution in [0.25, 0.3) is 0 Å². The first-order valence-corrected chi connectivity index (χ1v) is 12.9. The average molecular weight is 533 g/mol. The van der Waals surface area contributed by atoms with Gasteiger partial charge in [0, 0.05) is 6.42 Å². The number of nitrogens with one attached hydrogen (secondary N) is 4. The van der Waals surface area contributed by atoms with Gasteiger partial charge in [-0.2, -0.15) is 12.6 Å². The lowest BCUT2D eigenvalue weighted by Crippen LogP contribution is -2.58. The molecule has 1 aromatic rings. The Morgan fingerprint density at radius 2 is 1.70 bits per heavy atom. The van der Waals surface area contributed by atoms with E-state index in [9.17, 15) is 24.0 Å². The van der Waals surface area contributed by atoms with Gasteiger partial charge in [0.2, 0.25) is 23.6 Å². The number of esters is 1. The first kappa shape index (κ1) is 29.9. The molecular formula is C26H36N4O6S. The quantitative estimate of drug-likeness (QED) is 0.207. The Balaban J connectivity index is 2.32. The molecule has 0 aliphatic carbocycles. The molecule has 4 N–H and O–H groups in total. The number of carbonyl (C=O) groups excluding carboxylic acids is 5. The molecule has 10 nitrogen and oxygen atoms in total. The van der Waals surface area contributed by atoms with Crippen molar-refractivity contribution in [2.75, 3.05) is 12.3 Å². The summed E-state index contributed by atoms with van der Waals surface area (Å²) >= 11 is 4.13. The first-order chi connectivity index (χ1) is 17.6. The smallest absolute Gasteiger partial charge is 0.326 e. The van der Waals surface area contributed by atoms with Crippen molar-refractivity contribution in [2.24, 2.45) is 5.92 Å². The number of rotatable bonds is 6. The van der Waals surface area contributed by atoms with E-state index in [0.717, 1.165) is 5.56 Å². The lowest BCUT2D eigenvalue weighted by atomic mass is 10.0. The molecule has 0 spiro atoms. The summed E-state index contributed by atoms with van der Waals surface area (Å²) in [6.07, 6.45) is 2.99. The molecule has 1 fully saturated rings. The van der Waals surface area contributed by atoms with E-state index in [1.165, 1.54) is 6.92 Å². The zero-order chi connectivity index (χ0) is 27.4. The highest BCUT2D eigenvalue weighted by Gasteiger charge is 2.31. The SMILES string of the molecule is CC(C)[C@@H]1NC(=O)[C@@H](Cc2ccccc2)NC(=O)[C@@H](C)NC(=O)C[C@H](/C=C/CCS)OC(=O)CNC1=O. The number of ether oxygens (including phenoxy) is 1. The number of benzene rings is 1. The van der Waals surface area contributed by atoms with E-state index in [0.29, 0.717) is 12.2 Å². The van der Waals surface area contributed by atoms with Crippen LogP contribution in [-0.4, -0.2) is 66.1 Å². The molecule has 0 radical (unpaired) electrons. The second-order valence-corrected chi connectivity index (χ2v) is 9.61. The Morgan fingerprint density at radius 1 is 1.00 bits per heavy atom. The second-order valence-electron chi connectivity index (χ2n) is 9.16. The molecule has 202 valence electrons. The molecule has 1 heterocycles. The molecule has 1 saturated heterocycles. The normalized spacial score (nSPS) is 24.7. The van der Waals surface area contributed by atoms with Gasteiger partial charge in [-0.15, -0.1) is 0 Å². The van der Waals surface area contributed by atoms with Crippen LogP contribution in [-0.2, 0) is 35.1 Å². The maximum atomic E-state index is 13.2. The third kappa shape index (κ3) is 10.3. The number of cyclic esters (lactones) is 1. The molecule has 1 aliphatic rings. The fraction of sp³-hybridized carbons (Fsp3) is 0.500. The van der Waals surface area contributed by atoms with Crippen molar-refractivity contribution in [1.29, 1.82) is 0 Å². The predicted octanol–water partition coefficient (Wildman–Crippen LogP) is 0.667. The Bertz CT molecular complexity index is 985. The Hall–Kier alpha value is -3.34. The van der Waals surface area contributed by atoms with Gasteiger partial charge in [0.1, 0.15) is 30.8 Å². The zero-order valence-electron chi connectivity index (χ0n) is 21.4. The van der Waals surface area contributed by atoms with Gasteiger partial charge in [-0.05, 0) is 36.7 Å². The van der Waals surface area contributed by atoms with Crippen molar-refractivity contribution in [3.63, 3.8) is 0 Å². The zero-order valence-corrected chi connectivity index (χ0v) is 22.3. The number of hydrogen-bond acceptors (Lipinski definition) is 7. The molecule has 4 amide bonds. The third-order valence-corrected chi connectivity index (χ3v) is 5.91. The molecule has 0 saturated carbocycles. The maximum Gasteiger partial charge on any atom is 0.326 e. The van der Waals surface area contributed by atoms with Crippen molar-refractivity contribution >= 4 is 42.2 Å². The Morgan fingerprint density at radius 3 is 2.35 bits per heavy atom. The summed E-state index contributed by atoms with van der Waals surface area (Å²) in [6, 6.07) is 6.20. The monoisotopic (exact) mass is 532 g/mol. The molecule has 1 aliphatic heterocycles. The van der Waals surface area contributed by atoms with Crippen LogP contribution in [0.2, 0.25) is 0 Å². The van der Waals surface area contributed by atoms with Gasteiger partial charge in [0.05, 0.1) is 6.42 Å². The molecule has 2 rings (SSSR count).